The van der Waals surface area contributed by atoms with Gasteiger partial charge in [-0.25, -0.2) is 0 Å². The fraction of sp³-hybridized carbons (Fsp3) is 0.250. The molecule has 0 aliphatic carbocycles. The Bertz CT molecular complexity index is 710. The van der Waals surface area contributed by atoms with Gasteiger partial charge in [0.25, 0.3) is 5.91 Å². The van der Waals surface area contributed by atoms with Crippen LogP contribution < -0.4 is 11.1 Å². The molecular weight excluding hydrogens is 282 g/mol. The summed E-state index contributed by atoms with van der Waals surface area (Å²) in [5, 5.41) is 4.86. The number of carbonyl (C=O) groups is 1. The third-order valence-corrected chi connectivity index (χ3v) is 3.82. The lowest BCUT2D eigenvalue weighted by Gasteiger charge is -2.06. The van der Waals surface area contributed by atoms with Gasteiger partial charge < -0.3 is 11.1 Å². The van der Waals surface area contributed by atoms with Crippen LogP contribution in [0.5, 0.6) is 0 Å². The molecule has 0 fully saturated rings. The second-order valence-corrected chi connectivity index (χ2v) is 5.57. The summed E-state index contributed by atoms with van der Waals surface area (Å²) in [7, 11) is 0. The molecule has 1 amide bonds. The monoisotopic (exact) mass is 299 g/mol. The standard InChI is InChI=1S/C16H17N3OS/c1-11-5-6-15(12(2)19-11)16(20)18-9-14-8-13(10-21-14)4-3-7-17/h5-6,8,10H,7,9,17H2,1-2H3,(H,18,20). The minimum Gasteiger partial charge on any atom is -0.347 e. The predicted molar refractivity (Wildman–Crippen MR) is 85.1 cm³/mol. The van der Waals surface area contributed by atoms with Crippen molar-refractivity contribution in [2.45, 2.75) is 20.4 Å². The molecule has 0 aliphatic rings. The Hall–Kier alpha value is -2.16. The number of hydrogen-bond acceptors (Lipinski definition) is 4. The normalized spacial score (nSPS) is 9.86. The third-order valence-electron chi connectivity index (χ3n) is 2.88. The van der Waals surface area contributed by atoms with Gasteiger partial charge in [-0.15, -0.1) is 11.3 Å². The summed E-state index contributed by atoms with van der Waals surface area (Å²) in [5.74, 6) is 5.67. The largest absolute Gasteiger partial charge is 0.347 e. The molecule has 0 aliphatic heterocycles. The molecule has 2 heterocycles. The van der Waals surface area contributed by atoms with E-state index in [1.54, 1.807) is 17.4 Å². The fourth-order valence-electron chi connectivity index (χ4n) is 1.88. The molecule has 5 heteroatoms. The van der Waals surface area contributed by atoms with Crippen LogP contribution in [0.1, 0.15) is 32.2 Å². The lowest BCUT2D eigenvalue weighted by molar-refractivity contribution is 0.0950. The molecule has 0 bridgehead atoms. The molecule has 0 radical (unpaired) electrons. The molecule has 2 aromatic rings. The second kappa shape index (κ2) is 7.02. The van der Waals surface area contributed by atoms with Crippen LogP contribution in [0.3, 0.4) is 0 Å². The average Bonchev–Trinajstić information content (AvgIpc) is 2.90. The van der Waals surface area contributed by atoms with Crippen molar-refractivity contribution in [2.24, 2.45) is 5.73 Å². The summed E-state index contributed by atoms with van der Waals surface area (Å²) in [6.07, 6.45) is 0. The Morgan fingerprint density at radius 2 is 2.24 bits per heavy atom. The predicted octanol–water partition coefficient (Wildman–Crippen LogP) is 2.00. The van der Waals surface area contributed by atoms with E-state index in [-0.39, 0.29) is 5.91 Å². The van der Waals surface area contributed by atoms with E-state index in [0.717, 1.165) is 21.8 Å². The summed E-state index contributed by atoms with van der Waals surface area (Å²) in [4.78, 5) is 17.5. The number of aryl methyl sites for hydroxylation is 2. The third kappa shape index (κ3) is 4.15. The van der Waals surface area contributed by atoms with Crippen molar-refractivity contribution in [3.8, 4) is 11.8 Å². The van der Waals surface area contributed by atoms with Crippen LogP contribution in [-0.2, 0) is 6.54 Å². The molecule has 4 nitrogen and oxygen atoms in total. The Morgan fingerprint density at radius 1 is 1.43 bits per heavy atom. The Kier molecular flexibility index (Phi) is 5.09. The molecule has 0 aromatic carbocycles. The highest BCUT2D eigenvalue weighted by Gasteiger charge is 2.10. The van der Waals surface area contributed by atoms with E-state index in [1.807, 2.05) is 31.4 Å². The van der Waals surface area contributed by atoms with E-state index in [0.29, 0.717) is 18.7 Å². The van der Waals surface area contributed by atoms with Crippen molar-refractivity contribution in [2.75, 3.05) is 6.54 Å². The van der Waals surface area contributed by atoms with Crippen molar-refractivity contribution < 1.29 is 4.79 Å². The van der Waals surface area contributed by atoms with Gasteiger partial charge in [-0.05, 0) is 32.0 Å². The van der Waals surface area contributed by atoms with E-state index in [1.165, 1.54) is 0 Å². The topological polar surface area (TPSA) is 68.0 Å². The Balaban J connectivity index is 1.99. The number of amides is 1. The van der Waals surface area contributed by atoms with Gasteiger partial charge in [-0.1, -0.05) is 11.8 Å². The first-order valence-corrected chi connectivity index (χ1v) is 7.47. The number of nitrogens with two attached hydrogens (primary N) is 1. The molecule has 0 spiro atoms. The molecule has 0 saturated carbocycles. The highest BCUT2D eigenvalue weighted by molar-refractivity contribution is 7.10. The van der Waals surface area contributed by atoms with Gasteiger partial charge in [0.1, 0.15) is 0 Å². The zero-order valence-electron chi connectivity index (χ0n) is 12.1. The first-order valence-electron chi connectivity index (χ1n) is 6.59. The number of carbonyl (C=O) groups excluding carboxylic acids is 1. The van der Waals surface area contributed by atoms with Crippen molar-refractivity contribution in [1.82, 2.24) is 10.3 Å². The van der Waals surface area contributed by atoms with Gasteiger partial charge in [0.2, 0.25) is 0 Å². The number of rotatable bonds is 3. The summed E-state index contributed by atoms with van der Waals surface area (Å²) in [6.45, 7) is 4.58. The first kappa shape index (κ1) is 15.2. The SMILES string of the molecule is Cc1ccc(C(=O)NCc2cc(C#CCN)cs2)c(C)n1. The number of nitrogens with zero attached hydrogens (tertiary/aromatic N) is 1. The quantitative estimate of drug-likeness (QED) is 0.852. The van der Waals surface area contributed by atoms with Crippen molar-refractivity contribution >= 4 is 17.2 Å². The molecule has 3 N–H and O–H groups in total. The van der Waals surface area contributed by atoms with E-state index < -0.39 is 0 Å². The fourth-order valence-corrected chi connectivity index (χ4v) is 2.64. The minimum absolute atomic E-state index is 0.108. The molecule has 2 aromatic heterocycles. The van der Waals surface area contributed by atoms with E-state index in [9.17, 15) is 4.79 Å². The van der Waals surface area contributed by atoms with Gasteiger partial charge in [0, 0.05) is 21.5 Å². The van der Waals surface area contributed by atoms with Crippen LogP contribution in [0.2, 0.25) is 0 Å². The number of nitrogens with one attached hydrogen (secondary N) is 1. The van der Waals surface area contributed by atoms with E-state index >= 15 is 0 Å². The lowest BCUT2D eigenvalue weighted by Crippen LogP contribution is -2.23. The minimum atomic E-state index is -0.108. The molecule has 108 valence electrons. The van der Waals surface area contributed by atoms with Crippen LogP contribution in [0.4, 0.5) is 0 Å². The maximum atomic E-state index is 12.1. The average molecular weight is 299 g/mol. The van der Waals surface area contributed by atoms with Gasteiger partial charge in [-0.3, -0.25) is 9.78 Å². The summed E-state index contributed by atoms with van der Waals surface area (Å²) >= 11 is 1.57. The molecule has 2 rings (SSSR count). The molecule has 0 atom stereocenters. The van der Waals surface area contributed by atoms with Gasteiger partial charge in [0.15, 0.2) is 0 Å². The molecule has 0 saturated heterocycles. The number of pyridine rings is 1. The zero-order chi connectivity index (χ0) is 15.2. The van der Waals surface area contributed by atoms with Crippen LogP contribution >= 0.6 is 11.3 Å². The zero-order valence-corrected chi connectivity index (χ0v) is 12.9. The number of aromatic nitrogens is 1. The second-order valence-electron chi connectivity index (χ2n) is 4.58. The van der Waals surface area contributed by atoms with E-state index in [4.69, 9.17) is 5.73 Å². The van der Waals surface area contributed by atoms with Gasteiger partial charge >= 0.3 is 0 Å². The van der Waals surface area contributed by atoms with Crippen LogP contribution in [-0.4, -0.2) is 17.4 Å². The van der Waals surface area contributed by atoms with Crippen molar-refractivity contribution in [1.29, 1.82) is 0 Å². The van der Waals surface area contributed by atoms with Crippen molar-refractivity contribution in [3.05, 3.63) is 51.0 Å². The highest BCUT2D eigenvalue weighted by Crippen LogP contribution is 2.14. The van der Waals surface area contributed by atoms with E-state index in [2.05, 4.69) is 22.1 Å². The maximum Gasteiger partial charge on any atom is 0.253 e. The lowest BCUT2D eigenvalue weighted by atomic mass is 10.1. The maximum absolute atomic E-state index is 12.1. The van der Waals surface area contributed by atoms with Crippen LogP contribution in [0.25, 0.3) is 0 Å². The number of hydrogen-bond donors (Lipinski definition) is 2. The molecule has 0 unspecified atom stereocenters. The van der Waals surface area contributed by atoms with Gasteiger partial charge in [-0.2, -0.15) is 0 Å². The van der Waals surface area contributed by atoms with Gasteiger partial charge in [0.05, 0.1) is 24.3 Å². The van der Waals surface area contributed by atoms with Crippen LogP contribution in [0.15, 0.2) is 23.6 Å². The summed E-state index contributed by atoms with van der Waals surface area (Å²) in [6, 6.07) is 5.61. The number of thiophene rings is 1. The first-order chi connectivity index (χ1) is 10.1. The summed E-state index contributed by atoms with van der Waals surface area (Å²) in [5.41, 5.74) is 8.53. The smallest absolute Gasteiger partial charge is 0.253 e. The highest BCUT2D eigenvalue weighted by atomic mass is 32.1. The Labute approximate surface area is 128 Å². The molecular formula is C16H17N3OS. The summed E-state index contributed by atoms with van der Waals surface area (Å²) < 4.78 is 0. The Morgan fingerprint density at radius 3 is 2.95 bits per heavy atom. The van der Waals surface area contributed by atoms with Crippen LogP contribution in [0, 0.1) is 25.7 Å². The van der Waals surface area contributed by atoms with Crippen molar-refractivity contribution in [3.63, 3.8) is 0 Å². The molecule has 21 heavy (non-hydrogen) atoms.